The Morgan fingerprint density at radius 2 is 1.96 bits per heavy atom. The van der Waals surface area contributed by atoms with Crippen LogP contribution in [-0.4, -0.2) is 44.2 Å². The number of aromatic nitrogens is 2. The number of piperidine rings is 1. The molecule has 3 heterocycles. The topological polar surface area (TPSA) is 58.4 Å². The number of imidazole rings is 1. The Bertz CT molecular complexity index is 861. The Morgan fingerprint density at radius 1 is 1.26 bits per heavy atom. The first-order valence-electron chi connectivity index (χ1n) is 9.83. The van der Waals surface area contributed by atoms with Gasteiger partial charge in [-0.15, -0.1) is 0 Å². The molecule has 142 valence electrons. The van der Waals surface area contributed by atoms with Crippen LogP contribution in [0.1, 0.15) is 37.7 Å². The number of amides is 1. The van der Waals surface area contributed by atoms with Gasteiger partial charge in [-0.3, -0.25) is 4.79 Å². The highest BCUT2D eigenvalue weighted by molar-refractivity contribution is 5.82. The number of rotatable bonds is 3. The highest BCUT2D eigenvalue weighted by Gasteiger charge is 2.35. The summed E-state index contributed by atoms with van der Waals surface area (Å²) in [5.41, 5.74) is 2.60. The summed E-state index contributed by atoms with van der Waals surface area (Å²) in [5.74, 6) is 0.885. The minimum absolute atomic E-state index is 0.153. The van der Waals surface area contributed by atoms with Crippen molar-refractivity contribution in [3.63, 3.8) is 0 Å². The van der Waals surface area contributed by atoms with Crippen molar-refractivity contribution in [3.8, 4) is 11.3 Å². The lowest BCUT2D eigenvalue weighted by Gasteiger charge is -2.39. The first-order chi connectivity index (χ1) is 13.0. The number of fused-ring (bicyclic) bond motifs is 1. The highest BCUT2D eigenvalue weighted by Crippen LogP contribution is 2.31. The van der Waals surface area contributed by atoms with Gasteiger partial charge in [-0.05, 0) is 32.3 Å². The Kier molecular flexibility index (Phi) is 4.64. The maximum atomic E-state index is 13.1. The van der Waals surface area contributed by atoms with Gasteiger partial charge in [0.25, 0.3) is 0 Å². The van der Waals surface area contributed by atoms with Gasteiger partial charge in [-0.2, -0.15) is 0 Å². The van der Waals surface area contributed by atoms with Crippen LogP contribution in [0.2, 0.25) is 0 Å². The summed E-state index contributed by atoms with van der Waals surface area (Å²) >= 11 is 0. The summed E-state index contributed by atoms with van der Waals surface area (Å²) in [5, 5.41) is 10.4. The molecule has 1 aromatic carbocycles. The maximum Gasteiger partial charge on any atom is 0.231 e. The zero-order chi connectivity index (χ0) is 19.0. The number of nitrogens with zero attached hydrogens (tertiary/aromatic N) is 3. The van der Waals surface area contributed by atoms with Crippen molar-refractivity contribution in [1.82, 2.24) is 14.5 Å². The fourth-order valence-corrected chi connectivity index (χ4v) is 4.22. The van der Waals surface area contributed by atoms with E-state index in [0.717, 1.165) is 29.2 Å². The van der Waals surface area contributed by atoms with Crippen LogP contribution < -0.4 is 0 Å². The number of aryl methyl sites for hydroxylation is 1. The lowest BCUT2D eigenvalue weighted by Crippen LogP contribution is -2.48. The molecule has 1 unspecified atom stereocenters. The molecule has 1 fully saturated rings. The van der Waals surface area contributed by atoms with E-state index in [1.807, 2.05) is 49.1 Å². The summed E-state index contributed by atoms with van der Waals surface area (Å²) in [6.07, 6.45) is 6.03. The maximum absolute atomic E-state index is 13.1. The van der Waals surface area contributed by atoms with Crippen LogP contribution >= 0.6 is 0 Å². The van der Waals surface area contributed by atoms with Crippen LogP contribution in [-0.2, 0) is 11.3 Å². The Balaban J connectivity index is 1.54. The second-order valence-corrected chi connectivity index (χ2v) is 7.75. The minimum atomic E-state index is -0.603. The Morgan fingerprint density at radius 3 is 2.63 bits per heavy atom. The van der Waals surface area contributed by atoms with Crippen molar-refractivity contribution in [1.29, 1.82) is 0 Å². The summed E-state index contributed by atoms with van der Waals surface area (Å²) in [6, 6.07) is 10.2. The molecular formula is C22H27N3O2. The van der Waals surface area contributed by atoms with E-state index < -0.39 is 5.60 Å². The van der Waals surface area contributed by atoms with E-state index in [1.54, 1.807) is 0 Å². The molecular weight excluding hydrogens is 338 g/mol. The molecule has 1 aromatic heterocycles. The molecule has 2 aliphatic rings. The van der Waals surface area contributed by atoms with Crippen LogP contribution in [0.15, 0.2) is 36.4 Å². The smallest absolute Gasteiger partial charge is 0.231 e. The first kappa shape index (κ1) is 18.0. The van der Waals surface area contributed by atoms with Crippen LogP contribution in [0, 0.1) is 12.8 Å². The van der Waals surface area contributed by atoms with Crippen LogP contribution in [0.5, 0.6) is 0 Å². The lowest BCUT2D eigenvalue weighted by atomic mass is 9.88. The minimum Gasteiger partial charge on any atom is -0.390 e. The predicted octanol–water partition coefficient (Wildman–Crippen LogP) is 3.27. The molecule has 1 atom stereocenters. The summed E-state index contributed by atoms with van der Waals surface area (Å²) in [7, 11) is 0. The molecule has 1 N–H and O–H groups in total. The molecule has 0 spiro atoms. The molecule has 0 saturated carbocycles. The molecule has 1 amide bonds. The van der Waals surface area contributed by atoms with Gasteiger partial charge in [-0.1, -0.05) is 43.3 Å². The van der Waals surface area contributed by atoms with Gasteiger partial charge in [-0.25, -0.2) is 4.98 Å². The van der Waals surface area contributed by atoms with Gasteiger partial charge in [0.15, 0.2) is 0 Å². The van der Waals surface area contributed by atoms with Gasteiger partial charge in [0.2, 0.25) is 5.91 Å². The van der Waals surface area contributed by atoms with Gasteiger partial charge < -0.3 is 14.6 Å². The SMILES string of the molecule is CCC1(O)CCN(C(=O)C2C=Cc3nc(C)c(-c4ccccc4)n3C2)CC1. The average molecular weight is 365 g/mol. The zero-order valence-electron chi connectivity index (χ0n) is 16.1. The Hall–Kier alpha value is -2.40. The number of carbonyl (C=O) groups excluding carboxylic acids is 1. The van der Waals surface area contributed by atoms with Crippen LogP contribution in [0.3, 0.4) is 0 Å². The second kappa shape index (κ2) is 6.97. The largest absolute Gasteiger partial charge is 0.390 e. The van der Waals surface area contributed by atoms with Gasteiger partial charge in [0, 0.05) is 25.2 Å². The van der Waals surface area contributed by atoms with Crippen molar-refractivity contribution >= 4 is 12.0 Å². The third kappa shape index (κ3) is 3.32. The molecule has 0 bridgehead atoms. The fourth-order valence-electron chi connectivity index (χ4n) is 4.22. The Labute approximate surface area is 160 Å². The third-order valence-corrected chi connectivity index (χ3v) is 6.06. The fraction of sp³-hybridized carbons (Fsp3) is 0.455. The van der Waals surface area contributed by atoms with E-state index in [1.165, 1.54) is 0 Å². The number of hydrogen-bond acceptors (Lipinski definition) is 3. The molecule has 5 nitrogen and oxygen atoms in total. The normalized spacial score (nSPS) is 21.1. The van der Waals surface area contributed by atoms with Gasteiger partial charge in [0.05, 0.1) is 22.9 Å². The number of aliphatic hydroxyl groups is 1. The van der Waals surface area contributed by atoms with Crippen LogP contribution in [0.4, 0.5) is 0 Å². The molecule has 5 heteroatoms. The van der Waals surface area contributed by atoms with Gasteiger partial charge >= 0.3 is 0 Å². The van der Waals surface area contributed by atoms with Crippen molar-refractivity contribution in [2.75, 3.05) is 13.1 Å². The molecule has 27 heavy (non-hydrogen) atoms. The molecule has 2 aliphatic heterocycles. The highest BCUT2D eigenvalue weighted by atomic mass is 16.3. The van der Waals surface area contributed by atoms with E-state index in [9.17, 15) is 9.90 Å². The van der Waals surface area contributed by atoms with Crippen molar-refractivity contribution in [2.24, 2.45) is 5.92 Å². The summed E-state index contributed by atoms with van der Waals surface area (Å²) in [6.45, 7) is 5.91. The first-order valence-corrected chi connectivity index (χ1v) is 9.83. The second-order valence-electron chi connectivity index (χ2n) is 7.75. The summed E-state index contributed by atoms with van der Waals surface area (Å²) in [4.78, 5) is 19.7. The predicted molar refractivity (Wildman–Crippen MR) is 106 cm³/mol. The van der Waals surface area contributed by atoms with Crippen molar-refractivity contribution < 1.29 is 9.90 Å². The summed E-state index contributed by atoms with van der Waals surface area (Å²) < 4.78 is 2.17. The molecule has 2 aromatic rings. The third-order valence-electron chi connectivity index (χ3n) is 6.06. The number of likely N-dealkylation sites (tertiary alicyclic amines) is 1. The number of carbonyl (C=O) groups is 1. The van der Waals surface area contributed by atoms with Crippen LogP contribution in [0.25, 0.3) is 17.3 Å². The number of benzene rings is 1. The van der Waals surface area contributed by atoms with Crippen molar-refractivity contribution in [2.45, 2.75) is 45.3 Å². The van der Waals surface area contributed by atoms with Gasteiger partial charge in [0.1, 0.15) is 5.82 Å². The van der Waals surface area contributed by atoms with Crippen molar-refractivity contribution in [3.05, 3.63) is 47.9 Å². The molecule has 0 aliphatic carbocycles. The van der Waals surface area contributed by atoms with E-state index in [-0.39, 0.29) is 11.8 Å². The molecule has 0 radical (unpaired) electrons. The lowest BCUT2D eigenvalue weighted by molar-refractivity contribution is -0.138. The average Bonchev–Trinajstić information content (AvgIpc) is 3.03. The quantitative estimate of drug-likeness (QED) is 0.908. The number of hydrogen-bond donors (Lipinski definition) is 1. The standard InChI is InChI=1S/C22H27N3O2/c1-3-22(27)11-13-24(14-12-22)21(26)18-9-10-19-23-16(2)20(25(19)15-18)17-7-5-4-6-8-17/h4-10,18,27H,3,11-15H2,1-2H3. The monoisotopic (exact) mass is 365 g/mol. The van der Waals surface area contributed by atoms with E-state index in [2.05, 4.69) is 21.7 Å². The van der Waals surface area contributed by atoms with E-state index >= 15 is 0 Å². The zero-order valence-corrected chi connectivity index (χ0v) is 16.1. The molecule has 4 rings (SSSR count). The van der Waals surface area contributed by atoms with E-state index in [4.69, 9.17) is 0 Å². The van der Waals surface area contributed by atoms with E-state index in [0.29, 0.717) is 32.5 Å². The molecule has 1 saturated heterocycles.